The van der Waals surface area contributed by atoms with Crippen LogP contribution in [0.5, 0.6) is 0 Å². The Morgan fingerprint density at radius 2 is 2.17 bits per heavy atom. The van der Waals surface area contributed by atoms with Crippen LogP contribution in [-0.2, 0) is 6.42 Å². The number of benzene rings is 1. The van der Waals surface area contributed by atoms with Crippen molar-refractivity contribution in [3.8, 4) is 16.6 Å². The summed E-state index contributed by atoms with van der Waals surface area (Å²) < 4.78 is 26.7. The Balaban J connectivity index is 2.40. The minimum Gasteiger partial charge on any atom is -0.241 e. The van der Waals surface area contributed by atoms with Gasteiger partial charge in [0.2, 0.25) is 0 Å². The van der Waals surface area contributed by atoms with Crippen LogP contribution in [0.3, 0.4) is 0 Å². The second kappa shape index (κ2) is 5.23. The molecule has 18 heavy (non-hydrogen) atoms. The van der Waals surface area contributed by atoms with Crippen LogP contribution in [0.4, 0.5) is 8.78 Å². The molecule has 2 nitrogen and oxygen atoms in total. The molecule has 2 rings (SSSR count). The number of aryl methyl sites for hydroxylation is 2. The Bertz CT molecular complexity index is 614. The van der Waals surface area contributed by atoms with E-state index in [-0.39, 0.29) is 5.56 Å². The van der Waals surface area contributed by atoms with Crippen molar-refractivity contribution in [2.24, 2.45) is 0 Å². The summed E-state index contributed by atoms with van der Waals surface area (Å²) in [7, 11) is 0. The summed E-state index contributed by atoms with van der Waals surface area (Å²) >= 11 is 1.31. The lowest BCUT2D eigenvalue weighted by molar-refractivity contribution is 0.603. The Morgan fingerprint density at radius 3 is 2.89 bits per heavy atom. The van der Waals surface area contributed by atoms with Crippen LogP contribution >= 0.6 is 11.3 Å². The lowest BCUT2D eigenvalue weighted by Gasteiger charge is -1.98. The maximum Gasteiger partial charge on any atom is 0.133 e. The standard InChI is InChI=1S/C13H10F2N2S/c1-8-12(3-2-6-16)18-13(17-8)10-7-9(14)4-5-11(10)15/h4-5,7H,2-3H2,1H3. The molecule has 0 aliphatic rings. The highest BCUT2D eigenvalue weighted by molar-refractivity contribution is 7.15. The van der Waals surface area contributed by atoms with Gasteiger partial charge in [-0.15, -0.1) is 11.3 Å². The maximum atomic E-state index is 13.6. The molecule has 1 heterocycles. The van der Waals surface area contributed by atoms with Crippen molar-refractivity contribution in [3.63, 3.8) is 0 Å². The average molecular weight is 264 g/mol. The molecule has 0 amide bonds. The summed E-state index contributed by atoms with van der Waals surface area (Å²) in [5.41, 5.74) is 0.945. The highest BCUT2D eigenvalue weighted by Crippen LogP contribution is 2.30. The minimum atomic E-state index is -0.489. The molecule has 0 radical (unpaired) electrons. The first-order valence-corrected chi connectivity index (χ1v) is 6.22. The van der Waals surface area contributed by atoms with Crippen LogP contribution in [0.1, 0.15) is 17.0 Å². The highest BCUT2D eigenvalue weighted by atomic mass is 32.1. The van der Waals surface area contributed by atoms with Gasteiger partial charge in [0.25, 0.3) is 0 Å². The topological polar surface area (TPSA) is 36.7 Å². The molecule has 0 N–H and O–H groups in total. The molecule has 1 aromatic carbocycles. The van der Waals surface area contributed by atoms with Gasteiger partial charge in [0.1, 0.15) is 16.6 Å². The molecule has 0 spiro atoms. The Kier molecular flexibility index (Phi) is 3.68. The monoisotopic (exact) mass is 264 g/mol. The number of hydrogen-bond donors (Lipinski definition) is 0. The number of thiazole rings is 1. The number of aromatic nitrogens is 1. The Hall–Kier alpha value is -1.80. The summed E-state index contributed by atoms with van der Waals surface area (Å²) in [4.78, 5) is 5.18. The van der Waals surface area contributed by atoms with Gasteiger partial charge < -0.3 is 0 Å². The number of nitriles is 1. The zero-order chi connectivity index (χ0) is 13.1. The van der Waals surface area contributed by atoms with Gasteiger partial charge >= 0.3 is 0 Å². The molecule has 0 unspecified atom stereocenters. The van der Waals surface area contributed by atoms with Gasteiger partial charge in [-0.25, -0.2) is 13.8 Å². The van der Waals surface area contributed by atoms with Gasteiger partial charge in [-0.3, -0.25) is 0 Å². The van der Waals surface area contributed by atoms with Crippen LogP contribution < -0.4 is 0 Å². The Labute approximate surface area is 108 Å². The van der Waals surface area contributed by atoms with Crippen LogP contribution in [0.25, 0.3) is 10.6 Å². The number of halogens is 2. The van der Waals surface area contributed by atoms with Gasteiger partial charge in [-0.2, -0.15) is 5.26 Å². The first kappa shape index (κ1) is 12.7. The second-order valence-corrected chi connectivity index (χ2v) is 4.89. The predicted molar refractivity (Wildman–Crippen MR) is 66.1 cm³/mol. The van der Waals surface area contributed by atoms with Crippen LogP contribution in [0.2, 0.25) is 0 Å². The van der Waals surface area contributed by atoms with E-state index in [2.05, 4.69) is 11.1 Å². The van der Waals surface area contributed by atoms with Crippen molar-refractivity contribution in [3.05, 3.63) is 40.4 Å². The second-order valence-electron chi connectivity index (χ2n) is 3.81. The van der Waals surface area contributed by atoms with Crippen molar-refractivity contribution < 1.29 is 8.78 Å². The van der Waals surface area contributed by atoms with E-state index in [1.165, 1.54) is 11.3 Å². The van der Waals surface area contributed by atoms with Crippen molar-refractivity contribution >= 4 is 11.3 Å². The quantitative estimate of drug-likeness (QED) is 0.844. The fourth-order valence-electron chi connectivity index (χ4n) is 1.61. The van der Waals surface area contributed by atoms with E-state index in [1.807, 2.05) is 6.92 Å². The van der Waals surface area contributed by atoms with Gasteiger partial charge in [0.15, 0.2) is 0 Å². The predicted octanol–water partition coefficient (Wildman–Crippen LogP) is 3.85. The molecule has 2 aromatic rings. The third-order valence-corrected chi connectivity index (χ3v) is 3.77. The maximum absolute atomic E-state index is 13.6. The molecule has 0 saturated carbocycles. The third-order valence-electron chi connectivity index (χ3n) is 2.52. The smallest absolute Gasteiger partial charge is 0.133 e. The summed E-state index contributed by atoms with van der Waals surface area (Å²) in [6, 6.07) is 5.37. The fourth-order valence-corrected chi connectivity index (χ4v) is 2.69. The fraction of sp³-hybridized carbons (Fsp3) is 0.231. The first-order chi connectivity index (χ1) is 8.61. The summed E-state index contributed by atoms with van der Waals surface area (Å²) in [6.45, 7) is 1.81. The van der Waals surface area contributed by atoms with E-state index < -0.39 is 11.6 Å². The molecule has 0 aliphatic heterocycles. The lowest BCUT2D eigenvalue weighted by Crippen LogP contribution is -1.85. The van der Waals surface area contributed by atoms with Crippen LogP contribution in [0, 0.1) is 29.9 Å². The zero-order valence-electron chi connectivity index (χ0n) is 9.70. The van der Waals surface area contributed by atoms with Gasteiger partial charge in [-0.1, -0.05) is 0 Å². The van der Waals surface area contributed by atoms with Crippen molar-refractivity contribution in [2.75, 3.05) is 0 Å². The molecule has 0 atom stereocenters. The van der Waals surface area contributed by atoms with Crippen molar-refractivity contribution in [1.82, 2.24) is 4.98 Å². The summed E-state index contributed by atoms with van der Waals surface area (Å²) in [5.74, 6) is -0.977. The number of rotatable bonds is 3. The van der Waals surface area contributed by atoms with Gasteiger partial charge in [-0.05, 0) is 31.5 Å². The Morgan fingerprint density at radius 1 is 1.39 bits per heavy atom. The van der Waals surface area contributed by atoms with E-state index in [0.717, 1.165) is 28.8 Å². The molecule has 5 heteroatoms. The molecule has 0 saturated heterocycles. The largest absolute Gasteiger partial charge is 0.241 e. The molecule has 0 bridgehead atoms. The highest BCUT2D eigenvalue weighted by Gasteiger charge is 2.13. The SMILES string of the molecule is Cc1nc(-c2cc(F)ccc2F)sc1CCC#N. The van der Waals surface area contributed by atoms with E-state index in [9.17, 15) is 8.78 Å². The van der Waals surface area contributed by atoms with Crippen LogP contribution in [0.15, 0.2) is 18.2 Å². The van der Waals surface area contributed by atoms with Gasteiger partial charge in [0, 0.05) is 16.9 Å². The average Bonchev–Trinajstić information content (AvgIpc) is 2.71. The van der Waals surface area contributed by atoms with Crippen molar-refractivity contribution in [1.29, 1.82) is 5.26 Å². The van der Waals surface area contributed by atoms with E-state index in [0.29, 0.717) is 17.8 Å². The van der Waals surface area contributed by atoms with Crippen LogP contribution in [-0.4, -0.2) is 4.98 Å². The van der Waals surface area contributed by atoms with Crippen molar-refractivity contribution in [2.45, 2.75) is 19.8 Å². The molecule has 0 fully saturated rings. The summed E-state index contributed by atoms with van der Waals surface area (Å²) in [6.07, 6.45) is 0.991. The summed E-state index contributed by atoms with van der Waals surface area (Å²) in [5, 5.41) is 9.00. The lowest BCUT2D eigenvalue weighted by atomic mass is 10.2. The third kappa shape index (κ3) is 2.54. The normalized spacial score (nSPS) is 10.3. The zero-order valence-corrected chi connectivity index (χ0v) is 10.5. The van der Waals surface area contributed by atoms with E-state index in [1.54, 1.807) is 0 Å². The molecular weight excluding hydrogens is 254 g/mol. The molecule has 1 aromatic heterocycles. The number of nitrogens with zero attached hydrogens (tertiary/aromatic N) is 2. The van der Waals surface area contributed by atoms with Gasteiger partial charge in [0.05, 0.1) is 11.8 Å². The van der Waals surface area contributed by atoms with E-state index in [4.69, 9.17) is 5.26 Å². The van der Waals surface area contributed by atoms with E-state index >= 15 is 0 Å². The number of hydrogen-bond acceptors (Lipinski definition) is 3. The molecule has 0 aliphatic carbocycles. The minimum absolute atomic E-state index is 0.173. The molecular formula is C13H10F2N2S. The first-order valence-electron chi connectivity index (χ1n) is 5.40. The molecule has 92 valence electrons.